The topological polar surface area (TPSA) is 63.1 Å². The summed E-state index contributed by atoms with van der Waals surface area (Å²) in [6.45, 7) is 3.83. The number of aromatic nitrogens is 2. The first-order chi connectivity index (χ1) is 7.08. The average Bonchev–Trinajstić information content (AvgIpc) is 2.71. The van der Waals surface area contributed by atoms with Gasteiger partial charge in [0, 0.05) is 5.38 Å². The van der Waals surface area contributed by atoms with E-state index in [-0.39, 0.29) is 5.69 Å². The predicted octanol–water partition coefficient (Wildman–Crippen LogP) is 2.58. The first-order valence-corrected chi connectivity index (χ1v) is 5.91. The first kappa shape index (κ1) is 10.3. The fourth-order valence-corrected chi connectivity index (χ4v) is 3.06. The third kappa shape index (κ3) is 1.91. The van der Waals surface area contributed by atoms with Gasteiger partial charge in [-0.25, -0.2) is 14.8 Å². The first-order valence-electron chi connectivity index (χ1n) is 4.21. The molecular weight excluding hydrogens is 232 g/mol. The van der Waals surface area contributed by atoms with Crippen molar-refractivity contribution in [2.75, 3.05) is 0 Å². The summed E-state index contributed by atoms with van der Waals surface area (Å²) in [5.41, 5.74) is 1.00. The Kier molecular flexibility index (Phi) is 2.54. The highest BCUT2D eigenvalue weighted by Crippen LogP contribution is 2.31. The summed E-state index contributed by atoms with van der Waals surface area (Å²) in [5.74, 6) is -0.989. The van der Waals surface area contributed by atoms with Crippen LogP contribution in [0.15, 0.2) is 5.38 Å². The van der Waals surface area contributed by atoms with E-state index < -0.39 is 5.97 Å². The maximum atomic E-state index is 10.7. The van der Waals surface area contributed by atoms with Gasteiger partial charge in [-0.2, -0.15) is 0 Å². The minimum atomic E-state index is -0.989. The molecule has 0 unspecified atom stereocenters. The largest absolute Gasteiger partial charge is 0.476 e. The Morgan fingerprint density at radius 2 is 2.13 bits per heavy atom. The van der Waals surface area contributed by atoms with E-state index in [1.807, 2.05) is 13.8 Å². The molecule has 0 fully saturated rings. The molecule has 0 aliphatic rings. The van der Waals surface area contributed by atoms with Crippen molar-refractivity contribution in [1.82, 2.24) is 9.97 Å². The van der Waals surface area contributed by atoms with E-state index in [9.17, 15) is 4.79 Å². The van der Waals surface area contributed by atoms with Crippen LogP contribution in [0.3, 0.4) is 0 Å². The molecule has 0 saturated carbocycles. The van der Waals surface area contributed by atoms with Crippen LogP contribution in [0.25, 0.3) is 9.88 Å². The molecule has 0 amide bonds. The zero-order valence-corrected chi connectivity index (χ0v) is 9.78. The van der Waals surface area contributed by atoms with E-state index in [4.69, 9.17) is 5.11 Å². The molecule has 78 valence electrons. The van der Waals surface area contributed by atoms with Crippen molar-refractivity contribution >= 4 is 28.6 Å². The van der Waals surface area contributed by atoms with Gasteiger partial charge < -0.3 is 5.11 Å². The standard InChI is InChI=1S/C9H8N2O2S2/c1-4-7(15-5(2)10-4)8-11-6(3-14-8)9(12)13/h3H,1-2H3,(H,12,13). The molecule has 0 aliphatic carbocycles. The highest BCUT2D eigenvalue weighted by molar-refractivity contribution is 7.21. The van der Waals surface area contributed by atoms with Crippen LogP contribution in [0.1, 0.15) is 21.2 Å². The Morgan fingerprint density at radius 3 is 2.60 bits per heavy atom. The van der Waals surface area contributed by atoms with E-state index >= 15 is 0 Å². The van der Waals surface area contributed by atoms with Gasteiger partial charge in [-0.1, -0.05) is 0 Å². The molecule has 2 heterocycles. The van der Waals surface area contributed by atoms with Crippen LogP contribution in [0, 0.1) is 13.8 Å². The highest BCUT2D eigenvalue weighted by atomic mass is 32.1. The average molecular weight is 240 g/mol. The number of carboxylic acid groups (broad SMARTS) is 1. The molecule has 2 aromatic rings. The second-order valence-corrected chi connectivity index (χ2v) is 5.05. The van der Waals surface area contributed by atoms with Crippen molar-refractivity contribution in [3.63, 3.8) is 0 Å². The van der Waals surface area contributed by atoms with Crippen LogP contribution >= 0.6 is 22.7 Å². The third-order valence-electron chi connectivity index (χ3n) is 1.82. The quantitative estimate of drug-likeness (QED) is 0.876. The lowest BCUT2D eigenvalue weighted by atomic mass is 10.4. The molecule has 0 radical (unpaired) electrons. The number of aromatic carboxylic acids is 1. The summed E-state index contributed by atoms with van der Waals surface area (Å²) < 4.78 is 0. The Balaban J connectivity index is 2.45. The normalized spacial score (nSPS) is 10.5. The number of thiazole rings is 2. The van der Waals surface area contributed by atoms with Crippen molar-refractivity contribution in [2.45, 2.75) is 13.8 Å². The Labute approximate surface area is 94.3 Å². The van der Waals surface area contributed by atoms with Gasteiger partial charge in [0.2, 0.25) is 0 Å². The van der Waals surface area contributed by atoms with Crippen molar-refractivity contribution in [1.29, 1.82) is 0 Å². The Hall–Kier alpha value is -1.27. The molecule has 0 aromatic carbocycles. The summed E-state index contributed by atoms with van der Waals surface area (Å²) in [5, 5.41) is 12.0. The van der Waals surface area contributed by atoms with Gasteiger partial charge in [0.05, 0.1) is 15.6 Å². The van der Waals surface area contributed by atoms with E-state index in [1.54, 1.807) is 5.38 Å². The zero-order chi connectivity index (χ0) is 11.0. The van der Waals surface area contributed by atoms with Crippen molar-refractivity contribution < 1.29 is 9.90 Å². The van der Waals surface area contributed by atoms with Crippen LogP contribution in [0.4, 0.5) is 0 Å². The van der Waals surface area contributed by atoms with Crippen molar-refractivity contribution in [3.8, 4) is 9.88 Å². The predicted molar refractivity (Wildman–Crippen MR) is 59.7 cm³/mol. The molecule has 2 aromatic heterocycles. The molecule has 1 N–H and O–H groups in total. The Bertz CT molecular complexity index is 516. The van der Waals surface area contributed by atoms with E-state index in [0.29, 0.717) is 0 Å². The number of aryl methyl sites for hydroxylation is 2. The van der Waals surface area contributed by atoms with Gasteiger partial charge >= 0.3 is 5.97 Å². The molecule has 0 bridgehead atoms. The van der Waals surface area contributed by atoms with Crippen LogP contribution in [-0.2, 0) is 0 Å². The van der Waals surface area contributed by atoms with Crippen LogP contribution in [0.2, 0.25) is 0 Å². The fourth-order valence-electron chi connectivity index (χ4n) is 1.21. The molecule has 0 atom stereocenters. The van der Waals surface area contributed by atoms with Crippen LogP contribution < -0.4 is 0 Å². The number of carboxylic acids is 1. The molecule has 0 aliphatic heterocycles. The summed E-state index contributed by atoms with van der Waals surface area (Å²) in [6, 6.07) is 0. The maximum Gasteiger partial charge on any atom is 0.355 e. The van der Waals surface area contributed by atoms with E-state index in [0.717, 1.165) is 20.6 Å². The van der Waals surface area contributed by atoms with Gasteiger partial charge in [0.25, 0.3) is 0 Å². The molecular formula is C9H8N2O2S2. The van der Waals surface area contributed by atoms with Crippen LogP contribution in [0.5, 0.6) is 0 Å². The number of hydrogen-bond acceptors (Lipinski definition) is 5. The lowest BCUT2D eigenvalue weighted by Gasteiger charge is -1.89. The SMILES string of the molecule is Cc1nc(C)c(-c2nc(C(=O)O)cs2)s1. The summed E-state index contributed by atoms with van der Waals surface area (Å²) in [6.07, 6.45) is 0. The van der Waals surface area contributed by atoms with Gasteiger partial charge in [-0.05, 0) is 13.8 Å². The third-order valence-corrected chi connectivity index (χ3v) is 3.89. The van der Waals surface area contributed by atoms with E-state index in [1.165, 1.54) is 22.7 Å². The molecule has 2 rings (SSSR count). The monoisotopic (exact) mass is 240 g/mol. The molecule has 0 spiro atoms. The number of carbonyl (C=O) groups is 1. The summed E-state index contributed by atoms with van der Waals surface area (Å²) in [4.78, 5) is 20.0. The fraction of sp³-hybridized carbons (Fsp3) is 0.222. The minimum absolute atomic E-state index is 0.0976. The maximum absolute atomic E-state index is 10.7. The minimum Gasteiger partial charge on any atom is -0.476 e. The summed E-state index contributed by atoms with van der Waals surface area (Å²) >= 11 is 2.87. The van der Waals surface area contributed by atoms with E-state index in [2.05, 4.69) is 9.97 Å². The van der Waals surface area contributed by atoms with Gasteiger partial charge in [-0.15, -0.1) is 22.7 Å². The van der Waals surface area contributed by atoms with Gasteiger partial charge in [-0.3, -0.25) is 0 Å². The van der Waals surface area contributed by atoms with Gasteiger partial charge in [0.1, 0.15) is 5.01 Å². The smallest absolute Gasteiger partial charge is 0.355 e. The number of nitrogens with zero attached hydrogens (tertiary/aromatic N) is 2. The lowest BCUT2D eigenvalue weighted by Crippen LogP contribution is -1.95. The lowest BCUT2D eigenvalue weighted by molar-refractivity contribution is 0.0691. The molecule has 0 saturated heterocycles. The van der Waals surface area contributed by atoms with Crippen molar-refractivity contribution in [3.05, 3.63) is 21.8 Å². The Morgan fingerprint density at radius 1 is 1.40 bits per heavy atom. The number of rotatable bonds is 2. The molecule has 6 heteroatoms. The molecule has 15 heavy (non-hydrogen) atoms. The zero-order valence-electron chi connectivity index (χ0n) is 8.14. The highest BCUT2D eigenvalue weighted by Gasteiger charge is 2.14. The second kappa shape index (κ2) is 3.71. The van der Waals surface area contributed by atoms with Gasteiger partial charge in [0.15, 0.2) is 5.69 Å². The molecule has 4 nitrogen and oxygen atoms in total. The summed E-state index contributed by atoms with van der Waals surface area (Å²) in [7, 11) is 0. The second-order valence-electron chi connectivity index (χ2n) is 2.99. The van der Waals surface area contributed by atoms with Crippen molar-refractivity contribution in [2.24, 2.45) is 0 Å². The number of hydrogen-bond donors (Lipinski definition) is 1. The van der Waals surface area contributed by atoms with Crippen LogP contribution in [-0.4, -0.2) is 21.0 Å².